The Balaban J connectivity index is 1.69. The highest BCUT2D eigenvalue weighted by atomic mass is 19.4. The number of hydrogen-bond acceptors (Lipinski definition) is 5. The summed E-state index contributed by atoms with van der Waals surface area (Å²) in [6.45, 7) is -0.633. The second kappa shape index (κ2) is 10.6. The molecule has 11 heteroatoms. The molecule has 0 aliphatic heterocycles. The van der Waals surface area contributed by atoms with Gasteiger partial charge in [-0.15, -0.1) is 0 Å². The molecule has 2 atom stereocenters. The van der Waals surface area contributed by atoms with Crippen LogP contribution in [0.3, 0.4) is 0 Å². The monoisotopic (exact) mass is 480 g/mol. The standard InChI is InChI=1S/C23H23F3N2O6/c1-33-12-19(21(30)31)27-20(29)18(10-23(24,25)26)28-22(32)34-11-17-15-8-4-2-6-13(15)14-7-3-5-9-16(14)17/h2-9,17-19H,10-12H2,1H3,(H,27,29)(H,28,32)(H,30,31). The maximum atomic E-state index is 13.0. The summed E-state index contributed by atoms with van der Waals surface area (Å²) >= 11 is 0. The molecule has 0 saturated carbocycles. The number of carboxylic acids is 1. The fraction of sp³-hybridized carbons (Fsp3) is 0.348. The number of alkyl carbamates (subject to hydrolysis) is 1. The minimum absolute atomic E-state index is 0.165. The van der Waals surface area contributed by atoms with E-state index < -0.39 is 49.3 Å². The minimum atomic E-state index is -4.81. The SMILES string of the molecule is COCC(NC(=O)C(CC(F)(F)F)NC(=O)OCC1c2ccccc2-c2ccccc21)C(=O)O. The molecule has 0 bridgehead atoms. The molecule has 2 amide bonds. The largest absolute Gasteiger partial charge is 0.480 e. The van der Waals surface area contributed by atoms with E-state index in [-0.39, 0.29) is 12.5 Å². The lowest BCUT2D eigenvalue weighted by Gasteiger charge is -2.22. The molecule has 0 radical (unpaired) electrons. The van der Waals surface area contributed by atoms with Gasteiger partial charge >= 0.3 is 18.2 Å². The summed E-state index contributed by atoms with van der Waals surface area (Å²) < 4.78 is 48.9. The Morgan fingerprint density at radius 2 is 1.53 bits per heavy atom. The van der Waals surface area contributed by atoms with Gasteiger partial charge in [-0.25, -0.2) is 9.59 Å². The van der Waals surface area contributed by atoms with E-state index in [4.69, 9.17) is 9.84 Å². The van der Waals surface area contributed by atoms with Crippen LogP contribution in [0.5, 0.6) is 0 Å². The number of amides is 2. The smallest absolute Gasteiger partial charge is 0.407 e. The molecule has 0 spiro atoms. The van der Waals surface area contributed by atoms with Gasteiger partial charge in [0.15, 0.2) is 6.04 Å². The van der Waals surface area contributed by atoms with Gasteiger partial charge in [0.25, 0.3) is 0 Å². The maximum Gasteiger partial charge on any atom is 0.407 e. The average Bonchev–Trinajstić information content (AvgIpc) is 3.09. The van der Waals surface area contributed by atoms with Gasteiger partial charge < -0.3 is 25.2 Å². The first-order valence-electron chi connectivity index (χ1n) is 10.3. The molecular formula is C23H23F3N2O6. The van der Waals surface area contributed by atoms with Crippen molar-refractivity contribution in [2.45, 2.75) is 30.6 Å². The third kappa shape index (κ3) is 6.04. The number of halogens is 3. The second-order valence-electron chi connectivity index (χ2n) is 7.70. The number of benzene rings is 2. The molecule has 182 valence electrons. The Morgan fingerprint density at radius 3 is 2.03 bits per heavy atom. The molecule has 1 aliphatic rings. The maximum absolute atomic E-state index is 13.0. The number of fused-ring (bicyclic) bond motifs is 3. The Morgan fingerprint density at radius 1 is 0.971 bits per heavy atom. The van der Waals surface area contributed by atoms with Crippen LogP contribution < -0.4 is 10.6 Å². The fourth-order valence-corrected chi connectivity index (χ4v) is 3.84. The van der Waals surface area contributed by atoms with E-state index in [9.17, 15) is 27.6 Å². The lowest BCUT2D eigenvalue weighted by Crippen LogP contribution is -2.54. The van der Waals surface area contributed by atoms with E-state index in [0.717, 1.165) is 22.3 Å². The van der Waals surface area contributed by atoms with Crippen LogP contribution in [-0.4, -0.2) is 61.7 Å². The van der Waals surface area contributed by atoms with Crippen molar-refractivity contribution in [1.29, 1.82) is 0 Å². The molecule has 2 aromatic rings. The van der Waals surface area contributed by atoms with Gasteiger partial charge in [-0.1, -0.05) is 48.5 Å². The van der Waals surface area contributed by atoms with Crippen molar-refractivity contribution in [3.05, 3.63) is 59.7 Å². The number of alkyl halides is 3. The molecule has 0 aromatic heterocycles. The summed E-state index contributed by atoms with van der Waals surface area (Å²) in [6, 6.07) is 11.4. The Kier molecular flexibility index (Phi) is 7.77. The van der Waals surface area contributed by atoms with Crippen molar-refractivity contribution in [3.63, 3.8) is 0 Å². The van der Waals surface area contributed by atoms with Crippen molar-refractivity contribution >= 4 is 18.0 Å². The zero-order valence-electron chi connectivity index (χ0n) is 18.1. The summed E-state index contributed by atoms with van der Waals surface area (Å²) in [6.07, 6.45) is -7.74. The molecule has 8 nitrogen and oxygen atoms in total. The average molecular weight is 480 g/mol. The Labute approximate surface area is 193 Å². The summed E-state index contributed by atoms with van der Waals surface area (Å²) in [4.78, 5) is 35.9. The summed E-state index contributed by atoms with van der Waals surface area (Å²) in [7, 11) is 1.17. The Hall–Kier alpha value is -3.60. The zero-order chi connectivity index (χ0) is 24.9. The van der Waals surface area contributed by atoms with E-state index in [1.54, 1.807) is 0 Å². The number of aliphatic carboxylic acids is 1. The number of ether oxygens (including phenoxy) is 2. The molecule has 0 heterocycles. The molecular weight excluding hydrogens is 457 g/mol. The zero-order valence-corrected chi connectivity index (χ0v) is 18.1. The van der Waals surface area contributed by atoms with E-state index in [1.165, 1.54) is 7.11 Å². The molecule has 3 rings (SSSR count). The van der Waals surface area contributed by atoms with Crippen molar-refractivity contribution < 1.29 is 42.1 Å². The van der Waals surface area contributed by atoms with Crippen molar-refractivity contribution in [3.8, 4) is 11.1 Å². The van der Waals surface area contributed by atoms with Crippen LogP contribution in [0.1, 0.15) is 23.5 Å². The Bertz CT molecular complexity index is 1010. The topological polar surface area (TPSA) is 114 Å². The first kappa shape index (κ1) is 25.0. The summed E-state index contributed by atoms with van der Waals surface area (Å²) in [5.41, 5.74) is 3.76. The fourth-order valence-electron chi connectivity index (χ4n) is 3.84. The van der Waals surface area contributed by atoms with Gasteiger partial charge in [-0.2, -0.15) is 13.2 Å². The number of carbonyl (C=O) groups excluding carboxylic acids is 2. The first-order valence-corrected chi connectivity index (χ1v) is 10.3. The predicted octanol–water partition coefficient (Wildman–Crippen LogP) is 3.06. The number of hydrogen-bond donors (Lipinski definition) is 3. The van der Waals surface area contributed by atoms with E-state index >= 15 is 0 Å². The third-order valence-electron chi connectivity index (χ3n) is 5.34. The summed E-state index contributed by atoms with van der Waals surface area (Å²) in [5.74, 6) is -3.15. The van der Waals surface area contributed by atoms with Crippen molar-refractivity contribution in [2.75, 3.05) is 20.3 Å². The highest BCUT2D eigenvalue weighted by Crippen LogP contribution is 2.44. The second-order valence-corrected chi connectivity index (χ2v) is 7.70. The van der Waals surface area contributed by atoms with Gasteiger partial charge in [-0.05, 0) is 22.3 Å². The molecule has 1 aliphatic carbocycles. The normalized spacial score (nSPS) is 14.5. The highest BCUT2D eigenvalue weighted by molar-refractivity contribution is 5.89. The van der Waals surface area contributed by atoms with Gasteiger partial charge in [0.2, 0.25) is 5.91 Å². The van der Waals surface area contributed by atoms with Crippen LogP contribution in [0.25, 0.3) is 11.1 Å². The van der Waals surface area contributed by atoms with Gasteiger partial charge in [0.1, 0.15) is 12.6 Å². The van der Waals surface area contributed by atoms with E-state index in [1.807, 2.05) is 59.2 Å². The van der Waals surface area contributed by atoms with Gasteiger partial charge in [0, 0.05) is 13.0 Å². The molecule has 0 fully saturated rings. The number of nitrogens with one attached hydrogen (secondary N) is 2. The molecule has 0 saturated heterocycles. The van der Waals surface area contributed by atoms with Crippen LogP contribution in [0.4, 0.5) is 18.0 Å². The number of carboxylic acid groups (broad SMARTS) is 1. The predicted molar refractivity (Wildman–Crippen MR) is 114 cm³/mol. The lowest BCUT2D eigenvalue weighted by atomic mass is 9.98. The molecule has 2 unspecified atom stereocenters. The lowest BCUT2D eigenvalue weighted by molar-refractivity contribution is -0.151. The van der Waals surface area contributed by atoms with Crippen LogP contribution in [0.15, 0.2) is 48.5 Å². The number of rotatable bonds is 9. The number of methoxy groups -OCH3 is 1. The molecule has 2 aromatic carbocycles. The van der Waals surface area contributed by atoms with Gasteiger partial charge in [-0.3, -0.25) is 4.79 Å². The highest BCUT2D eigenvalue weighted by Gasteiger charge is 2.38. The van der Waals surface area contributed by atoms with Crippen LogP contribution in [0, 0.1) is 0 Å². The van der Waals surface area contributed by atoms with Crippen molar-refractivity contribution in [2.24, 2.45) is 0 Å². The van der Waals surface area contributed by atoms with Crippen LogP contribution in [-0.2, 0) is 19.1 Å². The van der Waals surface area contributed by atoms with E-state index in [0.29, 0.717) is 0 Å². The number of carbonyl (C=O) groups is 3. The third-order valence-corrected chi connectivity index (χ3v) is 5.34. The first-order chi connectivity index (χ1) is 16.1. The molecule has 3 N–H and O–H groups in total. The molecule has 34 heavy (non-hydrogen) atoms. The van der Waals surface area contributed by atoms with E-state index in [2.05, 4.69) is 4.74 Å². The quantitative estimate of drug-likeness (QED) is 0.509. The minimum Gasteiger partial charge on any atom is -0.480 e. The van der Waals surface area contributed by atoms with Crippen molar-refractivity contribution in [1.82, 2.24) is 10.6 Å². The van der Waals surface area contributed by atoms with Gasteiger partial charge in [0.05, 0.1) is 13.0 Å². The summed E-state index contributed by atoms with van der Waals surface area (Å²) in [5, 5.41) is 12.9. The van der Waals surface area contributed by atoms with Crippen LogP contribution in [0.2, 0.25) is 0 Å². The van der Waals surface area contributed by atoms with Crippen LogP contribution >= 0.6 is 0 Å².